The van der Waals surface area contributed by atoms with Crippen LogP contribution in [0.4, 0.5) is 4.79 Å². The molecule has 3 heterocycles. The third-order valence-corrected chi connectivity index (χ3v) is 5.63. The first-order valence-electron chi connectivity index (χ1n) is 9.71. The summed E-state index contributed by atoms with van der Waals surface area (Å²) >= 11 is 0. The average Bonchev–Trinajstić information content (AvgIpc) is 2.68. The zero-order valence-electron chi connectivity index (χ0n) is 15.3. The number of nitrogens with zero attached hydrogens (tertiary/aromatic N) is 3. The SMILES string of the molecule is CCOC(=O)N1CCC(N2CCC[C@H](C(=O)N3CCOCC3)C2)CC1. The molecule has 7 heteroatoms. The second-order valence-electron chi connectivity index (χ2n) is 7.19. The Morgan fingerprint density at radius 2 is 1.72 bits per heavy atom. The summed E-state index contributed by atoms with van der Waals surface area (Å²) in [6.45, 7) is 8.48. The normalized spacial score (nSPS) is 26.5. The van der Waals surface area contributed by atoms with E-state index in [1.54, 1.807) is 4.90 Å². The maximum Gasteiger partial charge on any atom is 0.409 e. The molecular formula is C18H31N3O4. The maximum absolute atomic E-state index is 12.8. The lowest BCUT2D eigenvalue weighted by molar-refractivity contribution is -0.141. The Hall–Kier alpha value is -1.34. The lowest BCUT2D eigenvalue weighted by Crippen LogP contribution is -2.53. The molecule has 3 fully saturated rings. The van der Waals surface area contributed by atoms with Gasteiger partial charge in [-0.1, -0.05) is 0 Å². The summed E-state index contributed by atoms with van der Waals surface area (Å²) in [6, 6.07) is 0.478. The Bertz CT molecular complexity index is 459. The van der Waals surface area contributed by atoms with E-state index in [-0.39, 0.29) is 12.0 Å². The van der Waals surface area contributed by atoms with Crippen LogP contribution in [0.5, 0.6) is 0 Å². The molecule has 3 aliphatic rings. The molecule has 0 aromatic heterocycles. The van der Waals surface area contributed by atoms with Gasteiger partial charge in [0.25, 0.3) is 0 Å². The number of carbonyl (C=O) groups excluding carboxylic acids is 2. The Morgan fingerprint density at radius 1 is 1.00 bits per heavy atom. The molecule has 7 nitrogen and oxygen atoms in total. The van der Waals surface area contributed by atoms with Gasteiger partial charge in [0.15, 0.2) is 0 Å². The van der Waals surface area contributed by atoms with Gasteiger partial charge in [-0.3, -0.25) is 9.69 Å². The minimum atomic E-state index is -0.194. The predicted octanol–water partition coefficient (Wildman–Crippen LogP) is 1.18. The van der Waals surface area contributed by atoms with E-state index in [0.717, 1.165) is 65.0 Å². The van der Waals surface area contributed by atoms with Crippen molar-refractivity contribution in [3.63, 3.8) is 0 Å². The van der Waals surface area contributed by atoms with E-state index in [1.165, 1.54) is 0 Å². The number of hydrogen-bond donors (Lipinski definition) is 0. The number of amides is 2. The van der Waals surface area contributed by atoms with Crippen molar-refractivity contribution in [3.05, 3.63) is 0 Å². The van der Waals surface area contributed by atoms with Gasteiger partial charge in [-0.2, -0.15) is 0 Å². The molecule has 0 N–H and O–H groups in total. The van der Waals surface area contributed by atoms with Crippen molar-refractivity contribution in [3.8, 4) is 0 Å². The molecule has 3 saturated heterocycles. The van der Waals surface area contributed by atoms with Crippen LogP contribution in [-0.2, 0) is 14.3 Å². The van der Waals surface area contributed by atoms with E-state index in [2.05, 4.69) is 4.90 Å². The van der Waals surface area contributed by atoms with Crippen LogP contribution in [0.2, 0.25) is 0 Å². The lowest BCUT2D eigenvalue weighted by Gasteiger charge is -2.42. The topological polar surface area (TPSA) is 62.3 Å². The number of ether oxygens (including phenoxy) is 2. The molecule has 2 amide bonds. The molecule has 3 rings (SSSR count). The minimum Gasteiger partial charge on any atom is -0.450 e. The van der Waals surface area contributed by atoms with Crippen LogP contribution < -0.4 is 0 Å². The summed E-state index contributed by atoms with van der Waals surface area (Å²) in [5, 5.41) is 0. The van der Waals surface area contributed by atoms with Crippen LogP contribution in [0.1, 0.15) is 32.6 Å². The van der Waals surface area contributed by atoms with E-state index in [1.807, 2.05) is 11.8 Å². The summed E-state index contributed by atoms with van der Waals surface area (Å²) in [5.74, 6) is 0.423. The summed E-state index contributed by atoms with van der Waals surface area (Å²) in [5.41, 5.74) is 0. The second-order valence-corrected chi connectivity index (χ2v) is 7.19. The van der Waals surface area contributed by atoms with Crippen LogP contribution in [0.25, 0.3) is 0 Å². The van der Waals surface area contributed by atoms with Gasteiger partial charge in [0.1, 0.15) is 0 Å². The zero-order valence-corrected chi connectivity index (χ0v) is 15.3. The third kappa shape index (κ3) is 4.64. The Labute approximate surface area is 150 Å². The highest BCUT2D eigenvalue weighted by molar-refractivity contribution is 5.79. The van der Waals surface area contributed by atoms with Gasteiger partial charge < -0.3 is 19.3 Å². The van der Waals surface area contributed by atoms with Gasteiger partial charge in [-0.05, 0) is 39.2 Å². The lowest BCUT2D eigenvalue weighted by atomic mass is 9.93. The Balaban J connectivity index is 1.48. The highest BCUT2D eigenvalue weighted by Gasteiger charge is 2.34. The van der Waals surface area contributed by atoms with Gasteiger partial charge in [-0.25, -0.2) is 4.79 Å². The molecule has 142 valence electrons. The Kier molecular flexibility index (Phi) is 6.53. The van der Waals surface area contributed by atoms with Crippen molar-refractivity contribution in [2.75, 3.05) is 59.1 Å². The van der Waals surface area contributed by atoms with Crippen LogP contribution in [0.15, 0.2) is 0 Å². The maximum atomic E-state index is 12.8. The Morgan fingerprint density at radius 3 is 2.40 bits per heavy atom. The highest BCUT2D eigenvalue weighted by atomic mass is 16.6. The molecule has 0 aromatic rings. The fraction of sp³-hybridized carbons (Fsp3) is 0.889. The fourth-order valence-electron chi connectivity index (χ4n) is 4.21. The largest absolute Gasteiger partial charge is 0.450 e. The van der Waals surface area contributed by atoms with Gasteiger partial charge in [0.2, 0.25) is 5.91 Å². The van der Waals surface area contributed by atoms with Crippen molar-refractivity contribution in [1.82, 2.24) is 14.7 Å². The van der Waals surface area contributed by atoms with Crippen LogP contribution in [0.3, 0.4) is 0 Å². The summed E-state index contributed by atoms with van der Waals surface area (Å²) in [7, 11) is 0. The molecule has 0 spiro atoms. The van der Waals surface area contributed by atoms with Crippen molar-refractivity contribution in [2.45, 2.75) is 38.6 Å². The quantitative estimate of drug-likeness (QED) is 0.762. The van der Waals surface area contributed by atoms with E-state index < -0.39 is 0 Å². The molecule has 1 atom stereocenters. The van der Waals surface area contributed by atoms with Crippen LogP contribution in [-0.4, -0.2) is 91.8 Å². The first kappa shape index (κ1) is 18.5. The van der Waals surface area contributed by atoms with Gasteiger partial charge in [0.05, 0.1) is 25.7 Å². The second kappa shape index (κ2) is 8.85. The predicted molar refractivity (Wildman–Crippen MR) is 93.3 cm³/mol. The van der Waals surface area contributed by atoms with E-state index in [4.69, 9.17) is 9.47 Å². The third-order valence-electron chi connectivity index (χ3n) is 5.63. The molecule has 0 aliphatic carbocycles. The van der Waals surface area contributed by atoms with Crippen LogP contribution in [0, 0.1) is 5.92 Å². The zero-order chi connectivity index (χ0) is 17.6. The number of piperidine rings is 2. The molecular weight excluding hydrogens is 322 g/mol. The number of likely N-dealkylation sites (tertiary alicyclic amines) is 2. The standard InChI is InChI=1S/C18H31N3O4/c1-2-25-18(23)20-8-5-16(6-9-20)21-7-3-4-15(14-21)17(22)19-10-12-24-13-11-19/h15-16H,2-14H2,1H3/t15-/m0/s1. The molecule has 0 saturated carbocycles. The van der Waals surface area contributed by atoms with Gasteiger partial charge in [0, 0.05) is 38.8 Å². The first-order chi connectivity index (χ1) is 12.2. The fourth-order valence-corrected chi connectivity index (χ4v) is 4.21. The monoisotopic (exact) mass is 353 g/mol. The van der Waals surface area contributed by atoms with E-state index in [9.17, 15) is 9.59 Å². The average molecular weight is 353 g/mol. The van der Waals surface area contributed by atoms with Gasteiger partial charge >= 0.3 is 6.09 Å². The minimum absolute atomic E-state index is 0.120. The number of carbonyl (C=O) groups is 2. The number of rotatable bonds is 3. The smallest absolute Gasteiger partial charge is 0.409 e. The van der Waals surface area contributed by atoms with Crippen molar-refractivity contribution >= 4 is 12.0 Å². The van der Waals surface area contributed by atoms with E-state index >= 15 is 0 Å². The molecule has 0 unspecified atom stereocenters. The van der Waals surface area contributed by atoms with Crippen molar-refractivity contribution in [2.24, 2.45) is 5.92 Å². The highest BCUT2D eigenvalue weighted by Crippen LogP contribution is 2.25. The van der Waals surface area contributed by atoms with Crippen LogP contribution >= 0.6 is 0 Å². The van der Waals surface area contributed by atoms with Crippen molar-refractivity contribution < 1.29 is 19.1 Å². The van der Waals surface area contributed by atoms with Gasteiger partial charge in [-0.15, -0.1) is 0 Å². The number of hydrogen-bond acceptors (Lipinski definition) is 5. The number of morpholine rings is 1. The molecule has 0 bridgehead atoms. The van der Waals surface area contributed by atoms with Crippen molar-refractivity contribution in [1.29, 1.82) is 0 Å². The molecule has 3 aliphatic heterocycles. The molecule has 0 radical (unpaired) electrons. The summed E-state index contributed by atoms with van der Waals surface area (Å²) in [4.78, 5) is 30.9. The molecule has 25 heavy (non-hydrogen) atoms. The summed E-state index contributed by atoms with van der Waals surface area (Å²) in [6.07, 6.45) is 3.82. The van der Waals surface area contributed by atoms with E-state index in [0.29, 0.717) is 31.8 Å². The summed E-state index contributed by atoms with van der Waals surface area (Å²) < 4.78 is 10.4. The molecule has 0 aromatic carbocycles. The first-order valence-corrected chi connectivity index (χ1v) is 9.71.